The molecule has 0 bridgehead atoms. The van der Waals surface area contributed by atoms with E-state index < -0.39 is 32.4 Å². The van der Waals surface area contributed by atoms with Crippen LogP contribution in [0.4, 0.5) is 17.6 Å². The third kappa shape index (κ3) is 3.67. The predicted molar refractivity (Wildman–Crippen MR) is 36.8 cm³/mol. The molecule has 0 saturated heterocycles. The summed E-state index contributed by atoms with van der Waals surface area (Å²) < 4.78 is 78.7. The lowest BCUT2D eigenvalue weighted by Gasteiger charge is -2.13. The van der Waals surface area contributed by atoms with Crippen molar-refractivity contribution in [2.75, 3.05) is 0 Å². The molecule has 0 aromatic rings. The summed E-state index contributed by atoms with van der Waals surface area (Å²) in [6.45, 7) is -0.0159. The largest absolute Gasteiger partial charge is 0.593 e. The van der Waals surface area contributed by atoms with Crippen LogP contribution in [0.2, 0.25) is 0 Å². The number of hydrogen-bond acceptors (Lipinski definition) is 3. The SMILES string of the molecule is CC(F)(F)S(=O)(=O)N[S+]([O-])C(F)F. The molecule has 0 aromatic heterocycles. The van der Waals surface area contributed by atoms with E-state index in [-0.39, 0.29) is 6.92 Å². The number of sulfonamides is 1. The molecule has 0 fully saturated rings. The highest BCUT2D eigenvalue weighted by atomic mass is 32.3. The van der Waals surface area contributed by atoms with Gasteiger partial charge in [-0.2, -0.15) is 17.6 Å². The van der Waals surface area contributed by atoms with Gasteiger partial charge in [-0.05, 0) is 4.13 Å². The van der Waals surface area contributed by atoms with Gasteiger partial charge in [0.1, 0.15) is 11.4 Å². The maximum atomic E-state index is 12.1. The smallest absolute Gasteiger partial charge is 0.417 e. The van der Waals surface area contributed by atoms with Crippen LogP contribution in [-0.4, -0.2) is 24.0 Å². The van der Waals surface area contributed by atoms with Gasteiger partial charge in [-0.25, -0.2) is 8.42 Å². The molecule has 0 aliphatic carbocycles. The Morgan fingerprint density at radius 3 is 2.08 bits per heavy atom. The molecule has 0 amide bonds. The minimum atomic E-state index is -5.31. The average molecular weight is 243 g/mol. The molecule has 0 aliphatic rings. The molecule has 0 aliphatic heterocycles. The second kappa shape index (κ2) is 3.98. The first-order chi connectivity index (χ1) is 5.58. The summed E-state index contributed by atoms with van der Waals surface area (Å²) >= 11 is -3.34. The molecule has 13 heavy (non-hydrogen) atoms. The first kappa shape index (κ1) is 12.9. The lowest BCUT2D eigenvalue weighted by atomic mass is 10.9. The zero-order valence-electron chi connectivity index (χ0n) is 6.13. The molecule has 4 nitrogen and oxygen atoms in total. The topological polar surface area (TPSA) is 69.2 Å². The van der Waals surface area contributed by atoms with Crippen LogP contribution in [0, 0.1) is 0 Å². The number of nitrogens with one attached hydrogen (secondary N) is 1. The highest BCUT2D eigenvalue weighted by molar-refractivity contribution is 8.05. The lowest BCUT2D eigenvalue weighted by Crippen LogP contribution is -2.43. The molecule has 0 radical (unpaired) electrons. The summed E-state index contributed by atoms with van der Waals surface area (Å²) in [6.07, 6.45) is 0. The van der Waals surface area contributed by atoms with E-state index in [0.717, 1.165) is 0 Å². The van der Waals surface area contributed by atoms with Crippen LogP contribution in [0.5, 0.6) is 0 Å². The van der Waals surface area contributed by atoms with E-state index in [1.54, 1.807) is 0 Å². The fraction of sp³-hybridized carbons (Fsp3) is 1.00. The van der Waals surface area contributed by atoms with Crippen molar-refractivity contribution >= 4 is 21.4 Å². The van der Waals surface area contributed by atoms with Gasteiger partial charge in [-0.3, -0.25) is 0 Å². The van der Waals surface area contributed by atoms with E-state index in [9.17, 15) is 30.5 Å². The molecule has 0 rings (SSSR count). The maximum Gasteiger partial charge on any atom is 0.417 e. The lowest BCUT2D eigenvalue weighted by molar-refractivity contribution is 0.113. The number of halogens is 4. The van der Waals surface area contributed by atoms with Gasteiger partial charge < -0.3 is 4.55 Å². The van der Waals surface area contributed by atoms with Crippen molar-refractivity contribution in [3.8, 4) is 0 Å². The summed E-state index contributed by atoms with van der Waals surface area (Å²) in [5, 5.41) is -4.25. The van der Waals surface area contributed by atoms with E-state index >= 15 is 0 Å². The summed E-state index contributed by atoms with van der Waals surface area (Å²) in [5.74, 6) is -3.54. The average Bonchev–Trinajstić information content (AvgIpc) is 1.83. The number of rotatable bonds is 4. The van der Waals surface area contributed by atoms with E-state index in [1.165, 1.54) is 0 Å². The summed E-state index contributed by atoms with van der Waals surface area (Å²) in [6, 6.07) is 0. The van der Waals surface area contributed by atoms with Crippen LogP contribution in [0.1, 0.15) is 6.92 Å². The van der Waals surface area contributed by atoms with Crippen LogP contribution in [-0.2, 0) is 21.4 Å². The minimum Gasteiger partial charge on any atom is -0.593 e. The Labute approximate surface area is 74.7 Å². The molecule has 0 aromatic carbocycles. The van der Waals surface area contributed by atoms with Crippen LogP contribution in [0.25, 0.3) is 0 Å². The molecule has 1 unspecified atom stereocenters. The van der Waals surface area contributed by atoms with Gasteiger partial charge in [-0.1, -0.05) is 0 Å². The van der Waals surface area contributed by atoms with Crippen molar-refractivity contribution in [3.05, 3.63) is 0 Å². The Morgan fingerprint density at radius 2 is 1.85 bits per heavy atom. The predicted octanol–water partition coefficient (Wildman–Crippen LogP) is 0.405. The van der Waals surface area contributed by atoms with Crippen LogP contribution < -0.4 is 4.13 Å². The summed E-state index contributed by atoms with van der Waals surface area (Å²) in [4.78, 5) is 0. The third-order valence-corrected chi connectivity index (χ3v) is 3.63. The normalized spacial score (nSPS) is 16.2. The van der Waals surface area contributed by atoms with Crippen molar-refractivity contribution in [2.24, 2.45) is 0 Å². The van der Waals surface area contributed by atoms with Crippen LogP contribution in [0.15, 0.2) is 0 Å². The molecule has 1 N–H and O–H groups in total. The zero-order chi connectivity index (χ0) is 10.9. The quantitative estimate of drug-likeness (QED) is 0.574. The van der Waals surface area contributed by atoms with Crippen molar-refractivity contribution in [1.82, 2.24) is 4.13 Å². The Kier molecular flexibility index (Phi) is 3.97. The Morgan fingerprint density at radius 1 is 1.46 bits per heavy atom. The van der Waals surface area contributed by atoms with Crippen LogP contribution >= 0.6 is 0 Å². The van der Waals surface area contributed by atoms with Gasteiger partial charge in [0, 0.05) is 6.92 Å². The second-order valence-electron chi connectivity index (χ2n) is 1.95. The molecule has 10 heteroatoms. The molecule has 0 spiro atoms. The van der Waals surface area contributed by atoms with E-state index in [0.29, 0.717) is 4.13 Å². The molecule has 80 valence electrons. The van der Waals surface area contributed by atoms with Gasteiger partial charge in [0.15, 0.2) is 0 Å². The van der Waals surface area contributed by atoms with E-state index in [4.69, 9.17) is 0 Å². The fourth-order valence-electron chi connectivity index (χ4n) is 0.218. The summed E-state index contributed by atoms with van der Waals surface area (Å²) in [7, 11) is -5.31. The molecule has 0 saturated carbocycles. The highest BCUT2D eigenvalue weighted by Gasteiger charge is 2.44. The van der Waals surface area contributed by atoms with E-state index in [1.807, 2.05) is 0 Å². The maximum absolute atomic E-state index is 12.1. The second-order valence-corrected chi connectivity index (χ2v) is 5.29. The number of hydrogen-bond donors (Lipinski definition) is 1. The van der Waals surface area contributed by atoms with Gasteiger partial charge >= 0.3 is 21.0 Å². The van der Waals surface area contributed by atoms with Gasteiger partial charge in [0.2, 0.25) is 0 Å². The first-order valence-electron chi connectivity index (χ1n) is 2.66. The van der Waals surface area contributed by atoms with Crippen molar-refractivity contribution in [1.29, 1.82) is 0 Å². The summed E-state index contributed by atoms with van der Waals surface area (Å²) in [5.41, 5.74) is 0. The monoisotopic (exact) mass is 243 g/mol. The standard InChI is InChI=1S/C3H5F4NO3S2/c1-3(6,7)13(10,11)8-12(9)2(4)5/h2,8H,1H3. The molecular weight excluding hydrogens is 238 g/mol. The van der Waals surface area contributed by atoms with Crippen molar-refractivity contribution < 1.29 is 30.5 Å². The molecular formula is C3H5F4NO3S2. The minimum absolute atomic E-state index is 0.0159. The zero-order valence-corrected chi connectivity index (χ0v) is 7.76. The van der Waals surface area contributed by atoms with Crippen molar-refractivity contribution in [2.45, 2.75) is 17.9 Å². The van der Waals surface area contributed by atoms with Crippen molar-refractivity contribution in [3.63, 3.8) is 0 Å². The first-order valence-corrected chi connectivity index (χ1v) is 5.36. The Balaban J connectivity index is 4.55. The third-order valence-electron chi connectivity index (χ3n) is 0.826. The molecule has 1 atom stereocenters. The fourth-order valence-corrected chi connectivity index (χ4v) is 1.96. The highest BCUT2D eigenvalue weighted by Crippen LogP contribution is 2.20. The van der Waals surface area contributed by atoms with Crippen LogP contribution in [0.3, 0.4) is 0 Å². The Hall–Kier alpha value is -0.0600. The van der Waals surface area contributed by atoms with Gasteiger partial charge in [0.25, 0.3) is 0 Å². The van der Waals surface area contributed by atoms with Gasteiger partial charge in [-0.15, -0.1) is 0 Å². The molecule has 0 heterocycles. The Bertz CT molecular complexity index is 260. The number of alkyl halides is 4. The van der Waals surface area contributed by atoms with Gasteiger partial charge in [0.05, 0.1) is 0 Å². The van der Waals surface area contributed by atoms with E-state index in [2.05, 4.69) is 0 Å².